The van der Waals surface area contributed by atoms with Gasteiger partial charge in [0.25, 0.3) is 0 Å². The molecule has 0 spiro atoms. The van der Waals surface area contributed by atoms with E-state index in [2.05, 4.69) is 18.2 Å². The van der Waals surface area contributed by atoms with Crippen LogP contribution in [0.5, 0.6) is 0 Å². The molecule has 1 aromatic rings. The molecule has 0 aromatic heterocycles. The molecule has 0 aliphatic heterocycles. The molecule has 0 aliphatic carbocycles. The van der Waals surface area contributed by atoms with Crippen molar-refractivity contribution in [1.29, 1.82) is 5.26 Å². The summed E-state index contributed by atoms with van der Waals surface area (Å²) in [4.78, 5) is 13.8. The topological polar surface area (TPSA) is 44.1 Å². The van der Waals surface area contributed by atoms with E-state index in [0.29, 0.717) is 19.5 Å². The van der Waals surface area contributed by atoms with E-state index in [0.717, 1.165) is 12.8 Å². The Hall–Kier alpha value is -1.82. The first-order chi connectivity index (χ1) is 9.22. The Morgan fingerprint density at radius 1 is 1.26 bits per heavy atom. The van der Waals surface area contributed by atoms with Crippen LogP contribution in [0.4, 0.5) is 0 Å². The van der Waals surface area contributed by atoms with Crippen LogP contribution in [0.2, 0.25) is 0 Å². The lowest BCUT2D eigenvalue weighted by molar-refractivity contribution is -0.133. The van der Waals surface area contributed by atoms with Crippen LogP contribution in [0.3, 0.4) is 0 Å². The maximum absolute atomic E-state index is 12.1. The van der Waals surface area contributed by atoms with Gasteiger partial charge < -0.3 is 4.90 Å². The van der Waals surface area contributed by atoms with Crippen molar-refractivity contribution in [3.63, 3.8) is 0 Å². The molecule has 0 heterocycles. The van der Waals surface area contributed by atoms with Gasteiger partial charge in [0.15, 0.2) is 0 Å². The van der Waals surface area contributed by atoms with Gasteiger partial charge in [-0.2, -0.15) is 5.26 Å². The van der Waals surface area contributed by atoms with E-state index in [9.17, 15) is 4.79 Å². The third-order valence-electron chi connectivity index (χ3n) is 3.33. The van der Waals surface area contributed by atoms with Gasteiger partial charge in [-0.25, -0.2) is 0 Å². The van der Waals surface area contributed by atoms with Gasteiger partial charge in [-0.1, -0.05) is 30.3 Å². The lowest BCUT2D eigenvalue weighted by Crippen LogP contribution is -2.35. The van der Waals surface area contributed by atoms with Gasteiger partial charge in [-0.05, 0) is 38.7 Å². The summed E-state index contributed by atoms with van der Waals surface area (Å²) in [5.74, 6) is -0.524. The van der Waals surface area contributed by atoms with Crippen molar-refractivity contribution in [3.05, 3.63) is 35.9 Å². The lowest BCUT2D eigenvalue weighted by Gasteiger charge is -2.21. The minimum absolute atomic E-state index is 0.0273. The van der Waals surface area contributed by atoms with Crippen LogP contribution in [0.1, 0.15) is 32.3 Å². The third-order valence-corrected chi connectivity index (χ3v) is 3.33. The van der Waals surface area contributed by atoms with E-state index in [1.54, 1.807) is 4.90 Å². The molecule has 1 rings (SSSR count). The van der Waals surface area contributed by atoms with Crippen LogP contribution in [0, 0.1) is 17.2 Å². The second-order valence-corrected chi connectivity index (χ2v) is 4.57. The quantitative estimate of drug-likeness (QED) is 0.754. The molecule has 0 saturated heterocycles. The fourth-order valence-corrected chi connectivity index (χ4v) is 2.15. The van der Waals surface area contributed by atoms with E-state index < -0.39 is 5.92 Å². The van der Waals surface area contributed by atoms with Gasteiger partial charge in [-0.15, -0.1) is 0 Å². The highest BCUT2D eigenvalue weighted by molar-refractivity contribution is 5.81. The molecule has 3 nitrogen and oxygen atoms in total. The predicted molar refractivity (Wildman–Crippen MR) is 76.4 cm³/mol. The van der Waals surface area contributed by atoms with Crippen LogP contribution in [0.15, 0.2) is 30.3 Å². The zero-order valence-corrected chi connectivity index (χ0v) is 11.8. The highest BCUT2D eigenvalue weighted by Gasteiger charge is 2.21. The van der Waals surface area contributed by atoms with Crippen LogP contribution in [-0.2, 0) is 11.2 Å². The summed E-state index contributed by atoms with van der Waals surface area (Å²) in [7, 11) is 0. The van der Waals surface area contributed by atoms with Gasteiger partial charge in [-0.3, -0.25) is 4.79 Å². The van der Waals surface area contributed by atoms with E-state index in [-0.39, 0.29) is 5.91 Å². The first-order valence-corrected chi connectivity index (χ1v) is 6.95. The van der Waals surface area contributed by atoms with E-state index in [1.165, 1.54) is 5.56 Å². The smallest absolute Gasteiger partial charge is 0.239 e. The Morgan fingerprint density at radius 2 is 1.89 bits per heavy atom. The summed E-state index contributed by atoms with van der Waals surface area (Å²) in [6.45, 7) is 5.23. The minimum atomic E-state index is -0.497. The zero-order valence-electron chi connectivity index (χ0n) is 11.8. The number of amides is 1. The van der Waals surface area contributed by atoms with Crippen LogP contribution >= 0.6 is 0 Å². The number of carbonyl (C=O) groups excluding carboxylic acids is 1. The van der Waals surface area contributed by atoms with Crippen LogP contribution in [-0.4, -0.2) is 23.9 Å². The summed E-state index contributed by atoms with van der Waals surface area (Å²) in [6, 6.07) is 12.3. The molecule has 1 amide bonds. The summed E-state index contributed by atoms with van der Waals surface area (Å²) >= 11 is 0. The molecule has 0 fully saturated rings. The third kappa shape index (κ3) is 4.75. The van der Waals surface area contributed by atoms with Gasteiger partial charge in [0.1, 0.15) is 5.92 Å². The monoisotopic (exact) mass is 258 g/mol. The first kappa shape index (κ1) is 15.2. The largest absolute Gasteiger partial charge is 0.342 e. The Kier molecular flexibility index (Phi) is 6.67. The summed E-state index contributed by atoms with van der Waals surface area (Å²) in [5, 5.41) is 9.14. The van der Waals surface area contributed by atoms with E-state index >= 15 is 0 Å². The zero-order chi connectivity index (χ0) is 14.1. The molecule has 19 heavy (non-hydrogen) atoms. The normalized spacial score (nSPS) is 11.6. The average molecular weight is 258 g/mol. The van der Waals surface area contributed by atoms with Crippen LogP contribution in [0.25, 0.3) is 0 Å². The highest BCUT2D eigenvalue weighted by atomic mass is 16.2. The predicted octanol–water partition coefficient (Wildman–Crippen LogP) is 3.02. The van der Waals surface area contributed by atoms with Crippen molar-refractivity contribution < 1.29 is 4.79 Å². The number of aryl methyl sites for hydroxylation is 1. The molecular formula is C16H22N2O. The first-order valence-electron chi connectivity index (χ1n) is 6.95. The molecule has 1 aromatic carbocycles. The van der Waals surface area contributed by atoms with Gasteiger partial charge in [0.05, 0.1) is 6.07 Å². The average Bonchev–Trinajstić information content (AvgIpc) is 2.46. The number of nitriles is 1. The molecular weight excluding hydrogens is 236 g/mol. The fraction of sp³-hybridized carbons (Fsp3) is 0.500. The fourth-order valence-electron chi connectivity index (χ4n) is 2.15. The molecule has 0 aliphatic rings. The van der Waals surface area contributed by atoms with Gasteiger partial charge >= 0.3 is 0 Å². The van der Waals surface area contributed by atoms with Crippen molar-refractivity contribution in [2.24, 2.45) is 5.92 Å². The summed E-state index contributed by atoms with van der Waals surface area (Å²) in [5.41, 5.74) is 1.26. The van der Waals surface area contributed by atoms with Crippen LogP contribution < -0.4 is 0 Å². The van der Waals surface area contributed by atoms with Gasteiger partial charge in [0.2, 0.25) is 5.91 Å². The van der Waals surface area contributed by atoms with Crippen molar-refractivity contribution in [2.75, 3.05) is 13.1 Å². The number of benzene rings is 1. The molecule has 3 heteroatoms. The second kappa shape index (κ2) is 8.31. The SMILES string of the molecule is CCN(CC)C(=O)C(C#N)CCCc1ccccc1. The number of carbonyl (C=O) groups is 1. The number of hydrogen-bond acceptors (Lipinski definition) is 2. The van der Waals surface area contributed by atoms with Crippen molar-refractivity contribution in [3.8, 4) is 6.07 Å². The Labute approximate surface area is 115 Å². The number of rotatable bonds is 7. The maximum atomic E-state index is 12.1. The molecule has 102 valence electrons. The van der Waals surface area contributed by atoms with Gasteiger partial charge in [0, 0.05) is 13.1 Å². The molecule has 1 unspecified atom stereocenters. The maximum Gasteiger partial charge on any atom is 0.239 e. The Balaban J connectivity index is 2.45. The Morgan fingerprint density at radius 3 is 2.42 bits per heavy atom. The highest BCUT2D eigenvalue weighted by Crippen LogP contribution is 2.13. The van der Waals surface area contributed by atoms with E-state index in [4.69, 9.17) is 5.26 Å². The van der Waals surface area contributed by atoms with Crippen molar-refractivity contribution in [1.82, 2.24) is 4.90 Å². The van der Waals surface area contributed by atoms with Crippen molar-refractivity contribution in [2.45, 2.75) is 33.1 Å². The second-order valence-electron chi connectivity index (χ2n) is 4.57. The number of nitrogens with zero attached hydrogens (tertiary/aromatic N) is 2. The molecule has 0 saturated carbocycles. The standard InChI is InChI=1S/C16H22N2O/c1-3-18(4-2)16(19)15(13-17)12-8-11-14-9-6-5-7-10-14/h5-7,9-10,15H,3-4,8,11-12H2,1-2H3. The molecule has 0 N–H and O–H groups in total. The molecule has 1 atom stereocenters. The van der Waals surface area contributed by atoms with Crippen molar-refractivity contribution >= 4 is 5.91 Å². The van der Waals surface area contributed by atoms with E-state index in [1.807, 2.05) is 32.0 Å². The molecule has 0 bridgehead atoms. The summed E-state index contributed by atoms with van der Waals surface area (Å²) in [6.07, 6.45) is 2.43. The molecule has 0 radical (unpaired) electrons. The number of hydrogen-bond donors (Lipinski definition) is 0. The summed E-state index contributed by atoms with van der Waals surface area (Å²) < 4.78 is 0. The lowest BCUT2D eigenvalue weighted by atomic mass is 9.99. The Bertz CT molecular complexity index is 418. The minimum Gasteiger partial charge on any atom is -0.342 e.